The highest BCUT2D eigenvalue weighted by atomic mass is 32.2. The number of aryl methyl sites for hydroxylation is 1. The maximum Gasteiger partial charge on any atom is 0.433 e. The molecule has 0 aliphatic heterocycles. The van der Waals surface area contributed by atoms with Crippen molar-refractivity contribution in [3.63, 3.8) is 0 Å². The Labute approximate surface area is 167 Å². The lowest BCUT2D eigenvalue weighted by molar-refractivity contribution is -0.141. The molecule has 2 heterocycles. The second kappa shape index (κ2) is 8.11. The largest absolute Gasteiger partial charge is 0.433 e. The van der Waals surface area contributed by atoms with Gasteiger partial charge in [0.1, 0.15) is 0 Å². The number of nitrogens with zero attached hydrogens (tertiary/aromatic N) is 3. The molecule has 3 rings (SSSR count). The summed E-state index contributed by atoms with van der Waals surface area (Å²) in [6.45, 7) is 3.53. The van der Waals surface area contributed by atoms with Crippen LogP contribution >= 0.6 is 11.8 Å². The second-order valence-corrected chi connectivity index (χ2v) is 7.03. The first-order valence-corrected chi connectivity index (χ1v) is 9.36. The van der Waals surface area contributed by atoms with Crippen LogP contribution in [0.3, 0.4) is 0 Å². The summed E-state index contributed by atoms with van der Waals surface area (Å²) in [6, 6.07) is 9.72. The van der Waals surface area contributed by atoms with Crippen molar-refractivity contribution in [2.75, 3.05) is 11.1 Å². The Morgan fingerprint density at radius 3 is 2.59 bits per heavy atom. The molecule has 0 spiro atoms. The third-order valence-corrected chi connectivity index (χ3v) is 4.78. The lowest BCUT2D eigenvalue weighted by atomic mass is 10.3. The molecule has 0 atom stereocenters. The average Bonchev–Trinajstić information content (AvgIpc) is 2.94. The Hall–Kier alpha value is -3.08. The minimum atomic E-state index is -4.74. The zero-order valence-electron chi connectivity index (χ0n) is 15.4. The molecular formula is C18H16F3N5O2S. The molecule has 1 aromatic carbocycles. The molecule has 2 N–H and O–H groups in total. The zero-order chi connectivity index (χ0) is 21.2. The molecule has 3 aromatic rings. The van der Waals surface area contributed by atoms with Crippen LogP contribution in [-0.2, 0) is 11.0 Å². The van der Waals surface area contributed by atoms with Crippen LogP contribution in [0.25, 0.3) is 5.69 Å². The molecular weight excluding hydrogens is 407 g/mol. The minimum absolute atomic E-state index is 0.236. The Morgan fingerprint density at radius 1 is 1.24 bits per heavy atom. The first kappa shape index (κ1) is 20.6. The molecule has 152 valence electrons. The van der Waals surface area contributed by atoms with E-state index in [9.17, 15) is 22.8 Å². The molecule has 29 heavy (non-hydrogen) atoms. The Balaban J connectivity index is 1.72. The number of halogens is 3. The quantitative estimate of drug-likeness (QED) is 0.485. The number of carbonyl (C=O) groups is 1. The van der Waals surface area contributed by atoms with Gasteiger partial charge in [-0.3, -0.25) is 9.59 Å². The summed E-state index contributed by atoms with van der Waals surface area (Å²) in [5, 5.41) is 6.84. The van der Waals surface area contributed by atoms with Gasteiger partial charge in [-0.25, -0.2) is 9.67 Å². The fourth-order valence-electron chi connectivity index (χ4n) is 2.60. The normalized spacial score (nSPS) is 11.5. The van der Waals surface area contributed by atoms with Crippen molar-refractivity contribution in [1.29, 1.82) is 0 Å². The number of thioether (sulfide) groups is 1. The average molecular weight is 423 g/mol. The summed E-state index contributed by atoms with van der Waals surface area (Å²) >= 11 is 0.701. The number of aromatic nitrogens is 4. The maximum atomic E-state index is 12.8. The number of hydrogen-bond donors (Lipinski definition) is 2. The number of nitrogens with one attached hydrogen (secondary N) is 2. The monoisotopic (exact) mass is 423 g/mol. The van der Waals surface area contributed by atoms with E-state index >= 15 is 0 Å². The van der Waals surface area contributed by atoms with Crippen molar-refractivity contribution in [3.8, 4) is 5.69 Å². The van der Waals surface area contributed by atoms with Crippen molar-refractivity contribution >= 4 is 23.4 Å². The van der Waals surface area contributed by atoms with Crippen LogP contribution in [0.15, 0.2) is 46.3 Å². The summed E-state index contributed by atoms with van der Waals surface area (Å²) in [4.78, 5) is 29.2. The molecule has 2 aromatic heterocycles. The minimum Gasteiger partial charge on any atom is -0.322 e. The van der Waals surface area contributed by atoms with E-state index in [2.05, 4.69) is 20.4 Å². The smallest absolute Gasteiger partial charge is 0.322 e. The highest BCUT2D eigenvalue weighted by molar-refractivity contribution is 7.99. The van der Waals surface area contributed by atoms with Gasteiger partial charge in [0.05, 0.1) is 28.5 Å². The molecule has 0 bridgehead atoms. The van der Waals surface area contributed by atoms with Gasteiger partial charge in [-0.2, -0.15) is 18.3 Å². The van der Waals surface area contributed by atoms with E-state index in [1.54, 1.807) is 18.5 Å². The lowest BCUT2D eigenvalue weighted by Gasteiger charge is -2.08. The summed E-state index contributed by atoms with van der Waals surface area (Å²) in [5.74, 6) is -0.700. The number of para-hydroxylation sites is 1. The number of benzene rings is 1. The number of aromatic amines is 1. The van der Waals surface area contributed by atoms with Crippen molar-refractivity contribution < 1.29 is 18.0 Å². The molecule has 0 aliphatic rings. The van der Waals surface area contributed by atoms with E-state index in [0.717, 1.165) is 5.69 Å². The van der Waals surface area contributed by atoms with Gasteiger partial charge in [-0.15, -0.1) is 0 Å². The van der Waals surface area contributed by atoms with Gasteiger partial charge in [-0.05, 0) is 26.0 Å². The second-order valence-electron chi connectivity index (χ2n) is 6.06. The van der Waals surface area contributed by atoms with E-state index < -0.39 is 23.3 Å². The van der Waals surface area contributed by atoms with E-state index in [1.807, 2.05) is 30.3 Å². The van der Waals surface area contributed by atoms with Gasteiger partial charge >= 0.3 is 6.18 Å². The number of amides is 1. The molecule has 0 fully saturated rings. The van der Waals surface area contributed by atoms with Crippen LogP contribution in [0.5, 0.6) is 0 Å². The number of H-pyrrole nitrogens is 1. The summed E-state index contributed by atoms with van der Waals surface area (Å²) in [6.07, 6.45) is -4.74. The fraction of sp³-hybridized carbons (Fsp3) is 0.222. The summed E-state index contributed by atoms with van der Waals surface area (Å²) in [5.41, 5.74) is 0.401. The van der Waals surface area contributed by atoms with Gasteiger partial charge in [0.25, 0.3) is 5.56 Å². The third kappa shape index (κ3) is 4.86. The van der Waals surface area contributed by atoms with Crippen LogP contribution in [-0.4, -0.2) is 31.4 Å². The molecule has 0 aliphatic carbocycles. The summed E-state index contributed by atoms with van der Waals surface area (Å²) in [7, 11) is 0. The predicted molar refractivity (Wildman–Crippen MR) is 102 cm³/mol. The van der Waals surface area contributed by atoms with Crippen LogP contribution in [0.2, 0.25) is 0 Å². The lowest BCUT2D eigenvalue weighted by Crippen LogP contribution is -2.19. The van der Waals surface area contributed by atoms with Gasteiger partial charge in [0.15, 0.2) is 10.9 Å². The topological polar surface area (TPSA) is 92.7 Å². The van der Waals surface area contributed by atoms with Crippen LogP contribution in [0, 0.1) is 13.8 Å². The van der Waals surface area contributed by atoms with Crippen molar-refractivity contribution in [2.24, 2.45) is 0 Å². The molecule has 0 radical (unpaired) electrons. The van der Waals surface area contributed by atoms with E-state index in [0.29, 0.717) is 34.9 Å². The number of hydrogen-bond acceptors (Lipinski definition) is 5. The Morgan fingerprint density at radius 2 is 1.93 bits per heavy atom. The molecule has 11 heteroatoms. The number of carbonyl (C=O) groups excluding carboxylic acids is 1. The van der Waals surface area contributed by atoms with Crippen LogP contribution < -0.4 is 10.9 Å². The van der Waals surface area contributed by atoms with Gasteiger partial charge in [0, 0.05) is 6.07 Å². The predicted octanol–water partition coefficient (Wildman–Crippen LogP) is 3.32. The molecule has 1 amide bonds. The highest BCUT2D eigenvalue weighted by Gasteiger charge is 2.33. The van der Waals surface area contributed by atoms with Gasteiger partial charge in [0.2, 0.25) is 5.91 Å². The standard InChI is InChI=1S/C18H16F3N5O2S/c1-10-16(11(2)26(25-10)12-6-4-3-5-7-12)23-15(28)9-29-17-22-13(18(19,20)21)8-14(27)24-17/h3-8H,9H2,1-2H3,(H,23,28)(H,22,24,27). The number of alkyl halides is 3. The molecule has 0 saturated heterocycles. The first-order valence-electron chi connectivity index (χ1n) is 8.38. The Kier molecular flexibility index (Phi) is 5.78. The maximum absolute atomic E-state index is 12.8. The SMILES string of the molecule is Cc1nn(-c2ccccc2)c(C)c1NC(=O)CSc1nc(C(F)(F)F)cc(=O)[nH]1. The van der Waals surface area contributed by atoms with Gasteiger partial charge in [-0.1, -0.05) is 30.0 Å². The molecule has 7 nitrogen and oxygen atoms in total. The van der Waals surface area contributed by atoms with Gasteiger partial charge < -0.3 is 10.3 Å². The molecule has 0 unspecified atom stereocenters. The van der Waals surface area contributed by atoms with Crippen LogP contribution in [0.1, 0.15) is 17.1 Å². The first-order chi connectivity index (χ1) is 13.6. The van der Waals surface area contributed by atoms with Crippen LogP contribution in [0.4, 0.5) is 18.9 Å². The Bertz CT molecular complexity index is 1090. The van der Waals surface area contributed by atoms with E-state index in [-0.39, 0.29) is 10.9 Å². The third-order valence-electron chi connectivity index (χ3n) is 3.91. The van der Waals surface area contributed by atoms with E-state index in [1.165, 1.54) is 0 Å². The van der Waals surface area contributed by atoms with Crippen molar-refractivity contribution in [3.05, 3.63) is 63.8 Å². The van der Waals surface area contributed by atoms with E-state index in [4.69, 9.17) is 0 Å². The number of rotatable bonds is 5. The van der Waals surface area contributed by atoms with Crippen molar-refractivity contribution in [1.82, 2.24) is 19.7 Å². The van der Waals surface area contributed by atoms with Crippen molar-refractivity contribution in [2.45, 2.75) is 25.2 Å². The summed E-state index contributed by atoms with van der Waals surface area (Å²) < 4.78 is 39.9. The zero-order valence-corrected chi connectivity index (χ0v) is 16.2. The molecule has 0 saturated carbocycles. The number of anilines is 1. The highest BCUT2D eigenvalue weighted by Crippen LogP contribution is 2.28. The fourth-order valence-corrected chi connectivity index (χ4v) is 3.28.